The predicted octanol–water partition coefficient (Wildman–Crippen LogP) is 4.55. The first kappa shape index (κ1) is 13.9. The van der Waals surface area contributed by atoms with Crippen molar-refractivity contribution in [3.8, 4) is 11.4 Å². The van der Waals surface area contributed by atoms with Crippen LogP contribution in [0.1, 0.15) is 5.56 Å². The summed E-state index contributed by atoms with van der Waals surface area (Å²) in [5, 5.41) is 3.99. The molecule has 1 aromatic heterocycles. The standard InChI is InChI=1S/C16H13BrFN3/c1-9-5-10(7-12(18)6-9)15-20-14-4-3-11(17)8-13(14)16(19-2)21-15/h3-8H,1-2H3,(H,19,20,21). The third kappa shape index (κ3) is 2.74. The molecular formula is C16H13BrFN3. The number of halogens is 2. The summed E-state index contributed by atoms with van der Waals surface area (Å²) >= 11 is 3.45. The van der Waals surface area contributed by atoms with Gasteiger partial charge in [-0.1, -0.05) is 15.9 Å². The summed E-state index contributed by atoms with van der Waals surface area (Å²) in [6.45, 7) is 1.85. The van der Waals surface area contributed by atoms with Crippen molar-refractivity contribution >= 4 is 32.7 Å². The second kappa shape index (κ2) is 5.41. The molecule has 0 spiro atoms. The summed E-state index contributed by atoms with van der Waals surface area (Å²) in [5.74, 6) is 0.950. The second-order valence-electron chi connectivity index (χ2n) is 4.82. The third-order valence-electron chi connectivity index (χ3n) is 3.19. The van der Waals surface area contributed by atoms with Crippen LogP contribution in [0, 0.1) is 12.7 Å². The highest BCUT2D eigenvalue weighted by atomic mass is 79.9. The van der Waals surface area contributed by atoms with Gasteiger partial charge in [0.05, 0.1) is 5.52 Å². The zero-order chi connectivity index (χ0) is 15.0. The Morgan fingerprint density at radius 1 is 1.10 bits per heavy atom. The van der Waals surface area contributed by atoms with E-state index < -0.39 is 0 Å². The average Bonchev–Trinajstić information content (AvgIpc) is 2.45. The highest BCUT2D eigenvalue weighted by molar-refractivity contribution is 9.10. The number of anilines is 1. The maximum atomic E-state index is 13.6. The van der Waals surface area contributed by atoms with Crippen molar-refractivity contribution in [1.29, 1.82) is 0 Å². The number of benzene rings is 2. The van der Waals surface area contributed by atoms with Crippen LogP contribution in [0.15, 0.2) is 40.9 Å². The van der Waals surface area contributed by atoms with Gasteiger partial charge in [-0.2, -0.15) is 0 Å². The van der Waals surface area contributed by atoms with Crippen molar-refractivity contribution in [3.63, 3.8) is 0 Å². The Morgan fingerprint density at radius 3 is 2.62 bits per heavy atom. The number of fused-ring (bicyclic) bond motifs is 1. The molecule has 3 rings (SSSR count). The van der Waals surface area contributed by atoms with E-state index in [4.69, 9.17) is 0 Å². The summed E-state index contributed by atoms with van der Waals surface area (Å²) in [4.78, 5) is 9.04. The first-order valence-corrected chi connectivity index (χ1v) is 7.29. The Bertz CT molecular complexity index is 813. The molecule has 0 atom stereocenters. The van der Waals surface area contributed by atoms with E-state index in [1.807, 2.05) is 38.2 Å². The van der Waals surface area contributed by atoms with Crippen molar-refractivity contribution in [2.24, 2.45) is 0 Å². The van der Waals surface area contributed by atoms with E-state index in [-0.39, 0.29) is 5.82 Å². The molecule has 3 nitrogen and oxygen atoms in total. The van der Waals surface area contributed by atoms with Crippen LogP contribution in [-0.2, 0) is 0 Å². The van der Waals surface area contributed by atoms with Crippen molar-refractivity contribution in [3.05, 3.63) is 52.3 Å². The number of rotatable bonds is 2. The molecule has 0 saturated heterocycles. The zero-order valence-corrected chi connectivity index (χ0v) is 13.2. The second-order valence-corrected chi connectivity index (χ2v) is 5.74. The van der Waals surface area contributed by atoms with Crippen LogP contribution in [0.2, 0.25) is 0 Å². The van der Waals surface area contributed by atoms with Crippen LogP contribution < -0.4 is 5.32 Å². The lowest BCUT2D eigenvalue weighted by atomic mass is 10.1. The minimum Gasteiger partial charge on any atom is -0.373 e. The number of nitrogens with zero attached hydrogens (tertiary/aromatic N) is 2. The SMILES string of the molecule is CNc1nc(-c2cc(C)cc(F)c2)nc2ccc(Br)cc12. The molecule has 0 amide bonds. The van der Waals surface area contributed by atoms with Gasteiger partial charge in [0.2, 0.25) is 0 Å². The summed E-state index contributed by atoms with van der Waals surface area (Å²) in [6, 6.07) is 10.6. The molecule has 0 bridgehead atoms. The Hall–Kier alpha value is -2.01. The van der Waals surface area contributed by atoms with Gasteiger partial charge in [0, 0.05) is 22.5 Å². The van der Waals surface area contributed by atoms with Gasteiger partial charge >= 0.3 is 0 Å². The summed E-state index contributed by atoms with van der Waals surface area (Å²) in [6.07, 6.45) is 0. The van der Waals surface area contributed by atoms with Gasteiger partial charge < -0.3 is 5.32 Å². The number of aryl methyl sites for hydroxylation is 1. The minimum atomic E-state index is -0.282. The summed E-state index contributed by atoms with van der Waals surface area (Å²) in [5.41, 5.74) is 2.33. The quantitative estimate of drug-likeness (QED) is 0.740. The Balaban J connectivity index is 2.26. The molecule has 0 unspecified atom stereocenters. The van der Waals surface area contributed by atoms with Crippen LogP contribution in [0.3, 0.4) is 0 Å². The Labute approximate surface area is 130 Å². The van der Waals surface area contributed by atoms with E-state index in [0.717, 1.165) is 26.8 Å². The summed E-state index contributed by atoms with van der Waals surface area (Å²) in [7, 11) is 1.81. The van der Waals surface area contributed by atoms with Gasteiger partial charge in [0.25, 0.3) is 0 Å². The fraction of sp³-hybridized carbons (Fsp3) is 0.125. The predicted molar refractivity (Wildman–Crippen MR) is 86.9 cm³/mol. The molecular weight excluding hydrogens is 333 g/mol. The van der Waals surface area contributed by atoms with E-state index in [1.54, 1.807) is 0 Å². The van der Waals surface area contributed by atoms with Gasteiger partial charge in [0.15, 0.2) is 5.82 Å². The molecule has 2 aromatic carbocycles. The van der Waals surface area contributed by atoms with Crippen molar-refractivity contribution in [2.45, 2.75) is 6.92 Å². The highest BCUT2D eigenvalue weighted by Crippen LogP contribution is 2.27. The average molecular weight is 346 g/mol. The van der Waals surface area contributed by atoms with E-state index in [0.29, 0.717) is 11.4 Å². The molecule has 1 N–H and O–H groups in total. The van der Waals surface area contributed by atoms with E-state index >= 15 is 0 Å². The van der Waals surface area contributed by atoms with Crippen LogP contribution in [0.25, 0.3) is 22.3 Å². The molecule has 21 heavy (non-hydrogen) atoms. The molecule has 3 aromatic rings. The van der Waals surface area contributed by atoms with E-state index in [9.17, 15) is 4.39 Å². The lowest BCUT2D eigenvalue weighted by Gasteiger charge is -2.09. The molecule has 0 saturated carbocycles. The molecule has 0 aliphatic heterocycles. The van der Waals surface area contributed by atoms with Gasteiger partial charge in [-0.05, 0) is 48.9 Å². The van der Waals surface area contributed by atoms with Crippen LogP contribution in [0.4, 0.5) is 10.2 Å². The Kier molecular flexibility index (Phi) is 3.59. The first-order valence-electron chi connectivity index (χ1n) is 6.49. The topological polar surface area (TPSA) is 37.8 Å². The fourth-order valence-electron chi connectivity index (χ4n) is 2.29. The third-order valence-corrected chi connectivity index (χ3v) is 3.69. The minimum absolute atomic E-state index is 0.282. The number of hydrogen-bond donors (Lipinski definition) is 1. The van der Waals surface area contributed by atoms with E-state index in [1.165, 1.54) is 12.1 Å². The molecule has 1 heterocycles. The Morgan fingerprint density at radius 2 is 1.90 bits per heavy atom. The van der Waals surface area contributed by atoms with Crippen molar-refractivity contribution < 1.29 is 4.39 Å². The monoisotopic (exact) mass is 345 g/mol. The van der Waals surface area contributed by atoms with Gasteiger partial charge in [-0.15, -0.1) is 0 Å². The maximum Gasteiger partial charge on any atom is 0.162 e. The van der Waals surface area contributed by atoms with Crippen molar-refractivity contribution in [1.82, 2.24) is 9.97 Å². The van der Waals surface area contributed by atoms with Crippen LogP contribution in [0.5, 0.6) is 0 Å². The lowest BCUT2D eigenvalue weighted by Crippen LogP contribution is -1.99. The summed E-state index contributed by atoms with van der Waals surface area (Å²) < 4.78 is 14.5. The lowest BCUT2D eigenvalue weighted by molar-refractivity contribution is 0.627. The molecule has 106 valence electrons. The van der Waals surface area contributed by atoms with Crippen molar-refractivity contribution in [2.75, 3.05) is 12.4 Å². The number of aromatic nitrogens is 2. The molecule has 0 fully saturated rings. The van der Waals surface area contributed by atoms with E-state index in [2.05, 4.69) is 31.2 Å². The smallest absolute Gasteiger partial charge is 0.162 e. The van der Waals surface area contributed by atoms with Gasteiger partial charge in [-0.3, -0.25) is 0 Å². The zero-order valence-electron chi connectivity index (χ0n) is 11.6. The van der Waals surface area contributed by atoms with Crippen LogP contribution in [-0.4, -0.2) is 17.0 Å². The molecule has 0 radical (unpaired) electrons. The van der Waals surface area contributed by atoms with Gasteiger partial charge in [-0.25, -0.2) is 14.4 Å². The number of nitrogens with one attached hydrogen (secondary N) is 1. The maximum absolute atomic E-state index is 13.6. The normalized spacial score (nSPS) is 10.9. The fourth-order valence-corrected chi connectivity index (χ4v) is 2.65. The molecule has 5 heteroatoms. The molecule has 0 aliphatic carbocycles. The van der Waals surface area contributed by atoms with Gasteiger partial charge in [0.1, 0.15) is 11.6 Å². The largest absolute Gasteiger partial charge is 0.373 e. The highest BCUT2D eigenvalue weighted by Gasteiger charge is 2.10. The molecule has 0 aliphatic rings. The first-order chi connectivity index (χ1) is 10.1. The number of hydrogen-bond acceptors (Lipinski definition) is 3. The van der Waals surface area contributed by atoms with Crippen LogP contribution >= 0.6 is 15.9 Å².